The summed E-state index contributed by atoms with van der Waals surface area (Å²) in [6.07, 6.45) is 2.36. The zero-order chi connectivity index (χ0) is 16.4. The van der Waals surface area contributed by atoms with Crippen LogP contribution < -0.4 is 0 Å². The van der Waals surface area contributed by atoms with Gasteiger partial charge in [0.15, 0.2) is 5.82 Å². The van der Waals surface area contributed by atoms with Crippen LogP contribution in [0.2, 0.25) is 0 Å². The highest BCUT2D eigenvalue weighted by Gasteiger charge is 2.25. The Balaban J connectivity index is 1.71. The van der Waals surface area contributed by atoms with E-state index in [0.29, 0.717) is 24.8 Å². The summed E-state index contributed by atoms with van der Waals surface area (Å²) in [5.41, 5.74) is 1.86. The predicted molar refractivity (Wildman–Crippen MR) is 85.2 cm³/mol. The average Bonchev–Trinajstić information content (AvgIpc) is 2.90. The molecule has 7 heteroatoms. The molecule has 1 aliphatic rings. The molecule has 23 heavy (non-hydrogen) atoms. The van der Waals surface area contributed by atoms with Crippen LogP contribution in [0.5, 0.6) is 0 Å². The third-order valence-corrected chi connectivity index (χ3v) is 4.10. The topological polar surface area (TPSA) is 72.6 Å². The van der Waals surface area contributed by atoms with Crippen LogP contribution in [0.15, 0.2) is 6.07 Å². The van der Waals surface area contributed by atoms with Gasteiger partial charge in [-0.2, -0.15) is 4.98 Å². The summed E-state index contributed by atoms with van der Waals surface area (Å²) in [5.74, 6) is 1.13. The van der Waals surface area contributed by atoms with Gasteiger partial charge in [-0.15, -0.1) is 5.10 Å². The van der Waals surface area contributed by atoms with E-state index in [0.717, 1.165) is 30.8 Å². The Morgan fingerprint density at radius 2 is 2.22 bits per heavy atom. The number of likely N-dealkylation sites (tertiary alicyclic amines) is 1. The van der Waals surface area contributed by atoms with Gasteiger partial charge in [-0.3, -0.25) is 4.79 Å². The molecule has 1 aliphatic heterocycles. The van der Waals surface area contributed by atoms with Crippen molar-refractivity contribution >= 4 is 11.7 Å². The molecule has 0 saturated carbocycles. The molecule has 0 spiro atoms. The Hall–Kier alpha value is -2.02. The Bertz CT molecular complexity index is 710. The molecule has 1 saturated heterocycles. The van der Waals surface area contributed by atoms with Crippen LogP contribution in [0, 0.1) is 13.8 Å². The van der Waals surface area contributed by atoms with E-state index in [1.165, 1.54) is 0 Å². The van der Waals surface area contributed by atoms with E-state index in [1.807, 2.05) is 31.7 Å². The highest BCUT2D eigenvalue weighted by atomic mass is 16.5. The molecule has 3 heterocycles. The summed E-state index contributed by atoms with van der Waals surface area (Å²) in [6, 6.07) is 1.95. The van der Waals surface area contributed by atoms with E-state index in [9.17, 15) is 4.79 Å². The number of amides is 1. The number of rotatable bonds is 4. The Morgan fingerprint density at radius 3 is 3.00 bits per heavy atom. The van der Waals surface area contributed by atoms with E-state index < -0.39 is 0 Å². The van der Waals surface area contributed by atoms with E-state index in [4.69, 9.17) is 4.74 Å². The SMILES string of the molecule is CCO[C@@H]1CCCN(C(=O)Cc2nc3nc(C)cc(C)n3n2)C1. The van der Waals surface area contributed by atoms with Gasteiger partial charge >= 0.3 is 0 Å². The lowest BCUT2D eigenvalue weighted by molar-refractivity contribution is -0.134. The molecular weight excluding hydrogens is 294 g/mol. The molecule has 1 fully saturated rings. The molecule has 2 aromatic rings. The molecule has 3 rings (SSSR count). The zero-order valence-electron chi connectivity index (χ0n) is 13.9. The summed E-state index contributed by atoms with van der Waals surface area (Å²) in [5, 5.41) is 4.41. The number of hydrogen-bond acceptors (Lipinski definition) is 5. The quantitative estimate of drug-likeness (QED) is 0.850. The molecule has 0 aliphatic carbocycles. The van der Waals surface area contributed by atoms with Gasteiger partial charge in [-0.1, -0.05) is 0 Å². The molecule has 1 amide bonds. The second-order valence-electron chi connectivity index (χ2n) is 6.01. The standard InChI is InChI=1S/C16H23N5O2/c1-4-23-13-6-5-7-20(10-13)15(22)9-14-18-16-17-11(2)8-12(3)21(16)19-14/h8,13H,4-7,9-10H2,1-3H3/t13-/m1/s1. The Morgan fingerprint density at radius 1 is 1.39 bits per heavy atom. The van der Waals surface area contributed by atoms with Crippen molar-refractivity contribution < 1.29 is 9.53 Å². The van der Waals surface area contributed by atoms with Crippen molar-refractivity contribution in [2.75, 3.05) is 19.7 Å². The maximum Gasteiger partial charge on any atom is 0.252 e. The lowest BCUT2D eigenvalue weighted by atomic mass is 10.1. The fraction of sp³-hybridized carbons (Fsp3) is 0.625. The molecule has 0 bridgehead atoms. The normalized spacial score (nSPS) is 18.6. The molecule has 0 unspecified atom stereocenters. The molecule has 2 aromatic heterocycles. The van der Waals surface area contributed by atoms with Crippen molar-refractivity contribution in [3.05, 3.63) is 23.3 Å². The number of ether oxygens (including phenoxy) is 1. The van der Waals surface area contributed by atoms with Gasteiger partial charge in [-0.25, -0.2) is 9.50 Å². The average molecular weight is 317 g/mol. The number of aryl methyl sites for hydroxylation is 2. The minimum Gasteiger partial charge on any atom is -0.377 e. The van der Waals surface area contributed by atoms with Crippen molar-refractivity contribution in [3.63, 3.8) is 0 Å². The lowest BCUT2D eigenvalue weighted by Gasteiger charge is -2.32. The van der Waals surface area contributed by atoms with Crippen molar-refractivity contribution in [2.24, 2.45) is 0 Å². The first kappa shape index (κ1) is 15.9. The summed E-state index contributed by atoms with van der Waals surface area (Å²) in [6.45, 7) is 8.00. The van der Waals surface area contributed by atoms with Gasteiger partial charge < -0.3 is 9.64 Å². The molecule has 1 atom stereocenters. The highest BCUT2D eigenvalue weighted by Crippen LogP contribution is 2.14. The zero-order valence-corrected chi connectivity index (χ0v) is 13.9. The molecule has 0 radical (unpaired) electrons. The van der Waals surface area contributed by atoms with Crippen molar-refractivity contribution in [2.45, 2.75) is 46.1 Å². The molecule has 0 aromatic carbocycles. The van der Waals surface area contributed by atoms with E-state index >= 15 is 0 Å². The number of nitrogens with zero attached hydrogens (tertiary/aromatic N) is 5. The fourth-order valence-electron chi connectivity index (χ4n) is 3.07. The second kappa shape index (κ2) is 6.62. The maximum atomic E-state index is 12.5. The number of carbonyl (C=O) groups excluding carboxylic acids is 1. The first-order valence-corrected chi connectivity index (χ1v) is 8.16. The van der Waals surface area contributed by atoms with Gasteiger partial charge in [0.2, 0.25) is 5.91 Å². The lowest BCUT2D eigenvalue weighted by Crippen LogP contribution is -2.44. The fourth-order valence-corrected chi connectivity index (χ4v) is 3.07. The summed E-state index contributed by atoms with van der Waals surface area (Å²) in [7, 11) is 0. The predicted octanol–water partition coefficient (Wildman–Crippen LogP) is 1.31. The van der Waals surface area contributed by atoms with Crippen molar-refractivity contribution in [3.8, 4) is 0 Å². The van der Waals surface area contributed by atoms with Crippen LogP contribution >= 0.6 is 0 Å². The largest absolute Gasteiger partial charge is 0.377 e. The third-order valence-electron chi connectivity index (χ3n) is 4.10. The first-order chi connectivity index (χ1) is 11.1. The summed E-state index contributed by atoms with van der Waals surface area (Å²) in [4.78, 5) is 23.1. The smallest absolute Gasteiger partial charge is 0.252 e. The molecule has 124 valence electrons. The van der Waals surface area contributed by atoms with E-state index in [1.54, 1.807) is 4.52 Å². The van der Waals surface area contributed by atoms with Crippen molar-refractivity contribution in [1.29, 1.82) is 0 Å². The molecular formula is C16H23N5O2. The minimum atomic E-state index is 0.0553. The van der Waals surface area contributed by atoms with E-state index in [-0.39, 0.29) is 18.4 Å². The number of hydrogen-bond donors (Lipinski definition) is 0. The van der Waals surface area contributed by atoms with Gasteiger partial charge in [0, 0.05) is 31.1 Å². The monoisotopic (exact) mass is 317 g/mol. The van der Waals surface area contributed by atoms with Crippen LogP contribution in [-0.4, -0.2) is 56.2 Å². The number of fused-ring (bicyclic) bond motifs is 1. The van der Waals surface area contributed by atoms with Gasteiger partial charge in [0.1, 0.15) is 0 Å². The molecule has 0 N–H and O–H groups in total. The summed E-state index contributed by atoms with van der Waals surface area (Å²) < 4.78 is 7.34. The van der Waals surface area contributed by atoms with Gasteiger partial charge in [0.25, 0.3) is 5.78 Å². The number of carbonyl (C=O) groups is 1. The summed E-state index contributed by atoms with van der Waals surface area (Å²) >= 11 is 0. The van der Waals surface area contributed by atoms with Crippen LogP contribution in [0.1, 0.15) is 37.0 Å². The first-order valence-electron chi connectivity index (χ1n) is 8.16. The maximum absolute atomic E-state index is 12.5. The Kier molecular flexibility index (Phi) is 4.56. The number of aromatic nitrogens is 4. The van der Waals surface area contributed by atoms with Gasteiger partial charge in [-0.05, 0) is 39.7 Å². The second-order valence-corrected chi connectivity index (χ2v) is 6.01. The Labute approximate surface area is 135 Å². The minimum absolute atomic E-state index is 0.0553. The van der Waals surface area contributed by atoms with Crippen LogP contribution in [0.25, 0.3) is 5.78 Å². The van der Waals surface area contributed by atoms with Crippen molar-refractivity contribution in [1.82, 2.24) is 24.5 Å². The number of piperidine rings is 1. The highest BCUT2D eigenvalue weighted by molar-refractivity contribution is 5.78. The van der Waals surface area contributed by atoms with Crippen LogP contribution in [0.3, 0.4) is 0 Å². The van der Waals surface area contributed by atoms with E-state index in [2.05, 4.69) is 15.1 Å². The van der Waals surface area contributed by atoms with Crippen LogP contribution in [0.4, 0.5) is 0 Å². The molecule has 7 nitrogen and oxygen atoms in total. The van der Waals surface area contributed by atoms with Gasteiger partial charge in [0.05, 0.1) is 12.5 Å². The third kappa shape index (κ3) is 3.50. The van der Waals surface area contributed by atoms with Crippen LogP contribution in [-0.2, 0) is 16.0 Å².